The maximum Gasteiger partial charge on any atom is 0.0525 e. The van der Waals surface area contributed by atoms with E-state index in [4.69, 9.17) is 5.73 Å². The summed E-state index contributed by atoms with van der Waals surface area (Å²) < 4.78 is 0. The van der Waals surface area contributed by atoms with Gasteiger partial charge in [0.25, 0.3) is 0 Å². The van der Waals surface area contributed by atoms with E-state index in [9.17, 15) is 0 Å². The van der Waals surface area contributed by atoms with Gasteiger partial charge in [0, 0.05) is 11.1 Å². The summed E-state index contributed by atoms with van der Waals surface area (Å²) in [5.41, 5.74) is 8.48. The molecule has 3 heteroatoms. The van der Waals surface area contributed by atoms with Crippen LogP contribution in [0.25, 0.3) is 0 Å². The minimum absolute atomic E-state index is 0.160. The molecule has 0 aromatic carbocycles. The Morgan fingerprint density at radius 2 is 2.29 bits per heavy atom. The molecule has 1 heterocycles. The normalized spacial score (nSPS) is 26.6. The third-order valence-electron chi connectivity index (χ3n) is 3.04. The Hall–Kier alpha value is -0.830. The largest absolute Gasteiger partial charge is 0.330 e. The van der Waals surface area contributed by atoms with Crippen molar-refractivity contribution in [3.05, 3.63) is 17.5 Å². The van der Waals surface area contributed by atoms with Gasteiger partial charge in [-0.3, -0.25) is 5.10 Å². The Morgan fingerprint density at radius 1 is 1.57 bits per heavy atom. The quantitative estimate of drug-likeness (QED) is 0.752. The highest BCUT2D eigenvalue weighted by molar-refractivity contribution is 5.32. The number of nitrogens with one attached hydrogen (secondary N) is 1. The number of aromatic nitrogens is 2. The van der Waals surface area contributed by atoms with Crippen LogP contribution in [-0.4, -0.2) is 16.7 Å². The van der Waals surface area contributed by atoms with Crippen molar-refractivity contribution in [1.29, 1.82) is 0 Å². The molecule has 2 rings (SSSR count). The molecular formula is C11H19N3. The molecule has 3 nitrogen and oxygen atoms in total. The maximum absolute atomic E-state index is 5.66. The van der Waals surface area contributed by atoms with Crippen LogP contribution in [-0.2, 0) is 5.41 Å². The van der Waals surface area contributed by atoms with Gasteiger partial charge in [0.2, 0.25) is 0 Å². The van der Waals surface area contributed by atoms with Crippen LogP contribution < -0.4 is 5.73 Å². The molecule has 0 saturated heterocycles. The molecule has 14 heavy (non-hydrogen) atoms. The molecule has 1 aliphatic carbocycles. The second-order valence-electron chi connectivity index (χ2n) is 5.29. The average Bonchev–Trinajstić information content (AvgIpc) is 2.70. The van der Waals surface area contributed by atoms with Crippen LogP contribution in [0.15, 0.2) is 6.20 Å². The van der Waals surface area contributed by atoms with Gasteiger partial charge in [-0.05, 0) is 30.4 Å². The van der Waals surface area contributed by atoms with Crippen molar-refractivity contribution in [2.75, 3.05) is 6.54 Å². The summed E-state index contributed by atoms with van der Waals surface area (Å²) in [6.45, 7) is 7.44. The van der Waals surface area contributed by atoms with Gasteiger partial charge >= 0.3 is 0 Å². The Kier molecular flexibility index (Phi) is 2.14. The van der Waals surface area contributed by atoms with Gasteiger partial charge in [-0.25, -0.2) is 0 Å². The molecule has 2 unspecified atom stereocenters. The van der Waals surface area contributed by atoms with Gasteiger partial charge in [0.15, 0.2) is 0 Å². The van der Waals surface area contributed by atoms with Crippen LogP contribution in [0.2, 0.25) is 0 Å². The first-order valence-corrected chi connectivity index (χ1v) is 5.28. The molecule has 0 amide bonds. The molecule has 1 saturated carbocycles. The van der Waals surface area contributed by atoms with Gasteiger partial charge < -0.3 is 5.73 Å². The molecule has 0 bridgehead atoms. The molecule has 1 fully saturated rings. The van der Waals surface area contributed by atoms with Crippen LogP contribution >= 0.6 is 0 Å². The predicted octanol–water partition coefficient (Wildman–Crippen LogP) is 1.77. The van der Waals surface area contributed by atoms with E-state index in [0.717, 1.165) is 6.54 Å². The van der Waals surface area contributed by atoms with Crippen LogP contribution in [0.4, 0.5) is 0 Å². The average molecular weight is 193 g/mol. The Morgan fingerprint density at radius 3 is 2.79 bits per heavy atom. The van der Waals surface area contributed by atoms with Crippen molar-refractivity contribution in [3.63, 3.8) is 0 Å². The highest BCUT2D eigenvalue weighted by atomic mass is 15.1. The van der Waals surface area contributed by atoms with Gasteiger partial charge in [-0.1, -0.05) is 20.8 Å². The second-order valence-corrected chi connectivity index (χ2v) is 5.29. The van der Waals surface area contributed by atoms with Crippen molar-refractivity contribution < 1.29 is 0 Å². The Bertz CT molecular complexity index is 322. The number of nitrogens with two attached hydrogens (primary N) is 1. The second kappa shape index (κ2) is 3.09. The summed E-state index contributed by atoms with van der Waals surface area (Å²) in [6.07, 6.45) is 3.21. The van der Waals surface area contributed by atoms with Crippen LogP contribution in [0.1, 0.15) is 44.4 Å². The summed E-state index contributed by atoms with van der Waals surface area (Å²) in [5, 5.41) is 7.27. The minimum atomic E-state index is 0.160. The van der Waals surface area contributed by atoms with Crippen LogP contribution in [0.5, 0.6) is 0 Å². The summed E-state index contributed by atoms with van der Waals surface area (Å²) in [6, 6.07) is 0. The lowest BCUT2D eigenvalue weighted by molar-refractivity contribution is 0.559. The smallest absolute Gasteiger partial charge is 0.0525 e. The van der Waals surface area contributed by atoms with E-state index in [1.807, 2.05) is 6.20 Å². The molecule has 1 aromatic rings. The van der Waals surface area contributed by atoms with Gasteiger partial charge in [-0.2, -0.15) is 5.10 Å². The van der Waals surface area contributed by atoms with Gasteiger partial charge in [0.1, 0.15) is 0 Å². The molecule has 2 atom stereocenters. The maximum atomic E-state index is 5.66. The fraction of sp³-hybridized carbons (Fsp3) is 0.727. The number of H-pyrrole nitrogens is 1. The van der Waals surface area contributed by atoms with E-state index in [0.29, 0.717) is 11.8 Å². The summed E-state index contributed by atoms with van der Waals surface area (Å²) in [7, 11) is 0. The molecule has 78 valence electrons. The van der Waals surface area contributed by atoms with Crippen molar-refractivity contribution in [3.8, 4) is 0 Å². The fourth-order valence-corrected chi connectivity index (χ4v) is 2.07. The predicted molar refractivity (Wildman–Crippen MR) is 57.2 cm³/mol. The first kappa shape index (κ1) is 9.71. The first-order chi connectivity index (χ1) is 6.54. The lowest BCUT2D eigenvalue weighted by Gasteiger charge is -2.18. The fourth-order valence-electron chi connectivity index (χ4n) is 2.07. The van der Waals surface area contributed by atoms with E-state index in [-0.39, 0.29) is 5.41 Å². The molecular weight excluding hydrogens is 174 g/mol. The van der Waals surface area contributed by atoms with Crippen molar-refractivity contribution in [2.45, 2.75) is 38.5 Å². The summed E-state index contributed by atoms with van der Waals surface area (Å²) in [5.74, 6) is 1.35. The van der Waals surface area contributed by atoms with Crippen molar-refractivity contribution in [1.82, 2.24) is 10.2 Å². The molecule has 0 aliphatic heterocycles. The zero-order chi connectivity index (χ0) is 10.3. The first-order valence-electron chi connectivity index (χ1n) is 5.28. The van der Waals surface area contributed by atoms with Crippen LogP contribution in [0, 0.1) is 5.92 Å². The number of aromatic amines is 1. The zero-order valence-corrected chi connectivity index (χ0v) is 9.17. The Balaban J connectivity index is 2.24. The van der Waals surface area contributed by atoms with E-state index in [1.165, 1.54) is 17.7 Å². The van der Waals surface area contributed by atoms with Crippen molar-refractivity contribution >= 4 is 0 Å². The van der Waals surface area contributed by atoms with E-state index < -0.39 is 0 Å². The topological polar surface area (TPSA) is 54.7 Å². The van der Waals surface area contributed by atoms with E-state index >= 15 is 0 Å². The highest BCUT2D eigenvalue weighted by Gasteiger charge is 2.40. The lowest BCUT2D eigenvalue weighted by atomic mass is 9.88. The van der Waals surface area contributed by atoms with Crippen molar-refractivity contribution in [2.24, 2.45) is 11.7 Å². The zero-order valence-electron chi connectivity index (χ0n) is 9.17. The number of hydrogen-bond acceptors (Lipinski definition) is 2. The molecule has 0 radical (unpaired) electrons. The highest BCUT2D eigenvalue weighted by Crippen LogP contribution is 2.48. The standard InChI is InChI=1S/C11H19N3/c1-11(2,3)10-9(6-13-14-10)8-4-7(8)5-12/h6-8H,4-5,12H2,1-3H3,(H,13,14). The Labute approximate surface area is 85.1 Å². The molecule has 1 aliphatic rings. The number of rotatable bonds is 2. The number of nitrogens with zero attached hydrogens (tertiary/aromatic N) is 1. The SMILES string of the molecule is CC(C)(C)c1[nH]ncc1C1CC1CN. The van der Waals surface area contributed by atoms with E-state index in [1.54, 1.807) is 0 Å². The van der Waals surface area contributed by atoms with Gasteiger partial charge in [0.05, 0.1) is 6.20 Å². The molecule has 1 aromatic heterocycles. The molecule has 3 N–H and O–H groups in total. The lowest BCUT2D eigenvalue weighted by Crippen LogP contribution is -2.14. The number of hydrogen-bond donors (Lipinski definition) is 2. The van der Waals surface area contributed by atoms with Crippen LogP contribution in [0.3, 0.4) is 0 Å². The summed E-state index contributed by atoms with van der Waals surface area (Å²) >= 11 is 0. The van der Waals surface area contributed by atoms with Gasteiger partial charge in [-0.15, -0.1) is 0 Å². The third-order valence-corrected chi connectivity index (χ3v) is 3.04. The van der Waals surface area contributed by atoms with E-state index in [2.05, 4.69) is 31.0 Å². The summed E-state index contributed by atoms with van der Waals surface area (Å²) in [4.78, 5) is 0. The molecule has 0 spiro atoms. The monoisotopic (exact) mass is 193 g/mol. The minimum Gasteiger partial charge on any atom is -0.330 e. The third kappa shape index (κ3) is 1.57.